The second kappa shape index (κ2) is 19.4. The van der Waals surface area contributed by atoms with Gasteiger partial charge < -0.3 is 33.6 Å². The zero-order chi connectivity index (χ0) is 43.1. The quantitative estimate of drug-likeness (QED) is 0.0575. The third kappa shape index (κ3) is 10.5. The van der Waals surface area contributed by atoms with Crippen molar-refractivity contribution in [1.82, 2.24) is 0 Å². The van der Waals surface area contributed by atoms with E-state index in [-0.39, 0.29) is 43.1 Å². The Morgan fingerprint density at radius 1 is 0.820 bits per heavy atom. The monoisotopic (exact) mass is 828 g/mol. The van der Waals surface area contributed by atoms with E-state index in [1.54, 1.807) is 32.0 Å². The number of aliphatic hydroxyl groups excluding tert-OH is 2. The Bertz CT molecular complexity index is 2410. The van der Waals surface area contributed by atoms with Gasteiger partial charge in [-0.25, -0.2) is 9.59 Å². The number of carbonyl (C=O) groups is 2. The molecule has 2 N–H and O–H groups in total. The predicted octanol–water partition coefficient (Wildman–Crippen LogP) is 8.65. The van der Waals surface area contributed by atoms with Crippen molar-refractivity contribution in [3.63, 3.8) is 0 Å². The van der Waals surface area contributed by atoms with E-state index in [4.69, 9.17) is 23.4 Å². The minimum absolute atomic E-state index is 0.00913. The van der Waals surface area contributed by atoms with Crippen molar-refractivity contribution in [1.29, 1.82) is 0 Å². The molecule has 0 saturated carbocycles. The third-order valence-corrected chi connectivity index (χ3v) is 12.0. The maximum atomic E-state index is 14.5. The topological polar surface area (TPSA) is 142 Å². The summed E-state index contributed by atoms with van der Waals surface area (Å²) in [6.45, 7) is 6.56. The average molecular weight is 829 g/mol. The zero-order valence-corrected chi connectivity index (χ0v) is 35.5. The number of ether oxygens (including phenoxy) is 4. The van der Waals surface area contributed by atoms with Gasteiger partial charge in [-0.1, -0.05) is 84.4 Å². The van der Waals surface area contributed by atoms with Gasteiger partial charge in [0, 0.05) is 35.5 Å². The number of rotatable bonds is 11. The van der Waals surface area contributed by atoms with Crippen molar-refractivity contribution in [2.75, 3.05) is 20.0 Å². The minimum Gasteiger partial charge on any atom is -0.483 e. The van der Waals surface area contributed by atoms with Crippen molar-refractivity contribution in [2.45, 2.75) is 103 Å². The number of esters is 2. The van der Waals surface area contributed by atoms with Gasteiger partial charge in [0.25, 0.3) is 0 Å². The molecule has 0 amide bonds. The van der Waals surface area contributed by atoms with Gasteiger partial charge in [-0.3, -0.25) is 4.79 Å². The Kier molecular flexibility index (Phi) is 13.9. The lowest BCUT2D eigenvalue weighted by atomic mass is 9.86. The van der Waals surface area contributed by atoms with E-state index in [9.17, 15) is 24.6 Å². The van der Waals surface area contributed by atoms with Crippen LogP contribution in [0.4, 0.5) is 0 Å². The molecule has 4 aromatic carbocycles. The van der Waals surface area contributed by atoms with Crippen LogP contribution in [0.25, 0.3) is 11.0 Å². The van der Waals surface area contributed by atoms with E-state index < -0.39 is 48.1 Å². The van der Waals surface area contributed by atoms with Crippen molar-refractivity contribution < 1.29 is 43.2 Å². The zero-order valence-electron chi connectivity index (χ0n) is 35.5. The van der Waals surface area contributed by atoms with E-state index in [2.05, 4.69) is 72.8 Å². The SMILES string of the molecule is CC(C)=C1CCc2ccc(cc2)C[C@H](CCc2cccc(Cc3ccccc3)c2)CC(=O)O[C@@H]2c3c(ccc4cc([C@H](CCO)COCO)c(=O)oc34)OC(C)(C)[C@H]2OC1=O. The fourth-order valence-corrected chi connectivity index (χ4v) is 8.69. The molecule has 4 heterocycles. The first-order valence-corrected chi connectivity index (χ1v) is 21.3. The summed E-state index contributed by atoms with van der Waals surface area (Å²) in [4.78, 5) is 42.5. The van der Waals surface area contributed by atoms with Gasteiger partial charge >= 0.3 is 17.6 Å². The number of carbonyl (C=O) groups excluding carboxylic acids is 2. The molecule has 320 valence electrons. The highest BCUT2D eigenvalue weighted by molar-refractivity contribution is 5.90. The lowest BCUT2D eigenvalue weighted by Gasteiger charge is -2.43. The van der Waals surface area contributed by atoms with Crippen LogP contribution in [-0.4, -0.2) is 53.9 Å². The van der Waals surface area contributed by atoms with E-state index in [0.717, 1.165) is 36.0 Å². The van der Waals surface area contributed by atoms with Gasteiger partial charge in [-0.15, -0.1) is 0 Å². The number of aliphatic hydroxyl groups is 2. The summed E-state index contributed by atoms with van der Waals surface area (Å²) < 4.78 is 30.7. The largest absolute Gasteiger partial charge is 0.483 e. The van der Waals surface area contributed by atoms with Crippen LogP contribution >= 0.6 is 0 Å². The van der Waals surface area contributed by atoms with Gasteiger partial charge in [0.15, 0.2) is 12.2 Å². The highest BCUT2D eigenvalue weighted by Crippen LogP contribution is 2.47. The minimum atomic E-state index is -1.20. The van der Waals surface area contributed by atoms with Crippen molar-refractivity contribution in [3.8, 4) is 5.75 Å². The molecule has 1 aromatic heterocycles. The van der Waals surface area contributed by atoms with Crippen molar-refractivity contribution in [2.24, 2.45) is 5.92 Å². The molecule has 8 rings (SSSR count). The van der Waals surface area contributed by atoms with E-state index in [1.807, 2.05) is 19.9 Å². The second-order valence-electron chi connectivity index (χ2n) is 17.1. The lowest BCUT2D eigenvalue weighted by molar-refractivity contribution is -0.188. The summed E-state index contributed by atoms with van der Waals surface area (Å²) >= 11 is 0. The number of benzene rings is 4. The van der Waals surface area contributed by atoms with Crippen LogP contribution in [0.5, 0.6) is 5.75 Å². The molecule has 0 unspecified atom stereocenters. The molecule has 0 radical (unpaired) electrons. The van der Waals surface area contributed by atoms with Crippen LogP contribution in [0.15, 0.2) is 117 Å². The predicted molar refractivity (Wildman–Crippen MR) is 232 cm³/mol. The lowest BCUT2D eigenvalue weighted by Crippen LogP contribution is -2.52. The molecule has 3 aliphatic rings. The van der Waals surface area contributed by atoms with Crippen LogP contribution in [0.2, 0.25) is 0 Å². The van der Waals surface area contributed by atoms with E-state index in [0.29, 0.717) is 41.5 Å². The molecule has 0 spiro atoms. The van der Waals surface area contributed by atoms with Crippen LogP contribution < -0.4 is 10.4 Å². The molecule has 0 fully saturated rings. The molecule has 10 heteroatoms. The summed E-state index contributed by atoms with van der Waals surface area (Å²) in [5, 5.41) is 19.6. The van der Waals surface area contributed by atoms with Gasteiger partial charge in [-0.2, -0.15) is 0 Å². The van der Waals surface area contributed by atoms with Crippen LogP contribution in [0, 0.1) is 5.92 Å². The Balaban J connectivity index is 1.26. The van der Waals surface area contributed by atoms with E-state index >= 15 is 0 Å². The summed E-state index contributed by atoms with van der Waals surface area (Å²) in [5.74, 6) is -1.34. The molecular weight excluding hydrogens is 773 g/mol. The first-order chi connectivity index (χ1) is 29.4. The highest BCUT2D eigenvalue weighted by Gasteiger charge is 2.50. The molecule has 10 nitrogen and oxygen atoms in total. The molecular formula is C51H56O10. The fraction of sp³-hybridized carbons (Fsp3) is 0.392. The highest BCUT2D eigenvalue weighted by atomic mass is 16.6. The number of hydrogen-bond donors (Lipinski definition) is 2. The molecule has 0 aliphatic carbocycles. The van der Waals surface area contributed by atoms with Crippen LogP contribution in [0.3, 0.4) is 0 Å². The number of hydrogen-bond acceptors (Lipinski definition) is 10. The molecule has 0 saturated heterocycles. The third-order valence-electron chi connectivity index (χ3n) is 12.0. The standard InChI is InChI=1S/C51H56O10/c1-32(2)41-21-19-33-13-15-36(16-14-33)27-38(18-17-35-11-8-12-37(26-35)25-34-9-6-5-7-10-34)28-44(54)58-47-45-43(61-51(3,4)48(47)60-49(41)55)22-20-39-29-42(50(56)59-46(39)45)40(23-24-52)30-57-31-53/h5-16,20,22,26,29,38,40,47-48,52-53H,17-19,21,23-25,27-28,30-31H2,1-4H3/t38-,40+,47+,48-/m0/s1. The normalized spacial score (nSPS) is 19.6. The maximum absolute atomic E-state index is 14.5. The summed E-state index contributed by atoms with van der Waals surface area (Å²) in [5.41, 5.74) is 6.02. The molecule has 4 atom stereocenters. The number of aryl methyl sites for hydroxylation is 2. The second-order valence-corrected chi connectivity index (χ2v) is 17.1. The average Bonchev–Trinajstić information content (AvgIpc) is 3.23. The Hall–Kier alpha value is -5.55. The van der Waals surface area contributed by atoms with Gasteiger partial charge in [0.2, 0.25) is 0 Å². The molecule has 3 aliphatic heterocycles. The molecule has 61 heavy (non-hydrogen) atoms. The number of fused-ring (bicyclic) bond motifs is 13. The Morgan fingerprint density at radius 3 is 2.30 bits per heavy atom. The Morgan fingerprint density at radius 2 is 1.56 bits per heavy atom. The van der Waals surface area contributed by atoms with Gasteiger partial charge in [0.1, 0.15) is 23.7 Å². The van der Waals surface area contributed by atoms with Crippen LogP contribution in [-0.2, 0) is 49.5 Å². The van der Waals surface area contributed by atoms with E-state index in [1.165, 1.54) is 16.7 Å². The Labute approximate surface area is 357 Å². The molecule has 2 bridgehead atoms. The first-order valence-electron chi connectivity index (χ1n) is 21.3. The van der Waals surface area contributed by atoms with Gasteiger partial charge in [0.05, 0.1) is 12.2 Å². The van der Waals surface area contributed by atoms with Crippen LogP contribution in [0.1, 0.15) is 104 Å². The summed E-state index contributed by atoms with van der Waals surface area (Å²) in [7, 11) is 0. The molecule has 5 aromatic rings. The van der Waals surface area contributed by atoms with Crippen molar-refractivity contribution in [3.05, 3.63) is 158 Å². The summed E-state index contributed by atoms with van der Waals surface area (Å²) in [6, 6.07) is 32.5. The maximum Gasteiger partial charge on any atom is 0.339 e. The van der Waals surface area contributed by atoms with Crippen molar-refractivity contribution >= 4 is 22.9 Å². The smallest absolute Gasteiger partial charge is 0.339 e. The van der Waals surface area contributed by atoms with Gasteiger partial charge in [-0.05, 0) is 125 Å². The first kappa shape index (κ1) is 43.5. The summed E-state index contributed by atoms with van der Waals surface area (Å²) in [6.07, 6.45) is 2.01. The fourth-order valence-electron chi connectivity index (χ4n) is 8.69. The number of allylic oxidation sites excluding steroid dienone is 1.